The summed E-state index contributed by atoms with van der Waals surface area (Å²) in [6.07, 6.45) is 0. The molecule has 0 aliphatic carbocycles. The number of amides is 1. The molecule has 0 atom stereocenters. The van der Waals surface area contributed by atoms with Gasteiger partial charge in [0, 0.05) is 10.0 Å². The summed E-state index contributed by atoms with van der Waals surface area (Å²) in [7, 11) is 0. The summed E-state index contributed by atoms with van der Waals surface area (Å²) in [6, 6.07) is 12.6. The molecule has 21 heavy (non-hydrogen) atoms. The zero-order valence-electron chi connectivity index (χ0n) is 11.4. The fourth-order valence-corrected chi connectivity index (χ4v) is 2.24. The quantitative estimate of drug-likeness (QED) is 0.924. The van der Waals surface area contributed by atoms with Crippen LogP contribution in [0, 0.1) is 18.3 Å². The van der Waals surface area contributed by atoms with Gasteiger partial charge in [0.1, 0.15) is 18.4 Å². The van der Waals surface area contributed by atoms with Crippen molar-refractivity contribution in [1.29, 1.82) is 5.26 Å². The van der Waals surface area contributed by atoms with Crippen molar-refractivity contribution in [2.24, 2.45) is 5.73 Å². The molecule has 0 radical (unpaired) electrons. The third kappa shape index (κ3) is 3.61. The maximum atomic E-state index is 11.1. The van der Waals surface area contributed by atoms with Gasteiger partial charge in [-0.25, -0.2) is 0 Å². The van der Waals surface area contributed by atoms with E-state index in [0.29, 0.717) is 23.5 Å². The number of hydrogen-bond donors (Lipinski definition) is 1. The number of halogens is 1. The van der Waals surface area contributed by atoms with E-state index in [-0.39, 0.29) is 0 Å². The Hall–Kier alpha value is -2.32. The highest BCUT2D eigenvalue weighted by molar-refractivity contribution is 9.10. The van der Waals surface area contributed by atoms with Crippen molar-refractivity contribution in [1.82, 2.24) is 0 Å². The molecule has 0 aliphatic rings. The van der Waals surface area contributed by atoms with Crippen LogP contribution >= 0.6 is 15.9 Å². The van der Waals surface area contributed by atoms with Crippen LogP contribution in [0.1, 0.15) is 27.0 Å². The molecular weight excluding hydrogens is 332 g/mol. The molecule has 2 aromatic rings. The molecule has 0 aliphatic heterocycles. The second-order valence-corrected chi connectivity index (χ2v) is 5.46. The number of nitrogens with zero attached hydrogens (tertiary/aromatic N) is 1. The summed E-state index contributed by atoms with van der Waals surface area (Å²) < 4.78 is 6.52. The molecule has 106 valence electrons. The minimum atomic E-state index is -0.453. The maximum Gasteiger partial charge on any atom is 0.248 e. The molecule has 0 bridgehead atoms. The van der Waals surface area contributed by atoms with E-state index in [1.165, 1.54) is 0 Å². The molecule has 2 aromatic carbocycles. The number of benzene rings is 2. The van der Waals surface area contributed by atoms with E-state index in [9.17, 15) is 4.79 Å². The summed E-state index contributed by atoms with van der Waals surface area (Å²) in [6.45, 7) is 2.21. The van der Waals surface area contributed by atoms with E-state index in [2.05, 4.69) is 22.0 Å². The normalized spacial score (nSPS) is 9.95. The van der Waals surface area contributed by atoms with Crippen molar-refractivity contribution >= 4 is 21.8 Å². The van der Waals surface area contributed by atoms with E-state index >= 15 is 0 Å². The van der Waals surface area contributed by atoms with Crippen LogP contribution < -0.4 is 10.5 Å². The fraction of sp³-hybridized carbons (Fsp3) is 0.125. The first-order chi connectivity index (χ1) is 10.0. The molecule has 0 heterocycles. The van der Waals surface area contributed by atoms with Gasteiger partial charge in [-0.05, 0) is 48.4 Å². The molecule has 0 aromatic heterocycles. The summed E-state index contributed by atoms with van der Waals surface area (Å²) >= 11 is 3.32. The Labute approximate surface area is 131 Å². The second kappa shape index (κ2) is 6.42. The third-order valence-electron chi connectivity index (χ3n) is 3.07. The molecule has 4 nitrogen and oxygen atoms in total. The van der Waals surface area contributed by atoms with Gasteiger partial charge in [0.2, 0.25) is 5.91 Å². The van der Waals surface area contributed by atoms with Crippen molar-refractivity contribution in [3.05, 3.63) is 63.1 Å². The van der Waals surface area contributed by atoms with Crippen molar-refractivity contribution in [2.45, 2.75) is 13.5 Å². The summed E-state index contributed by atoms with van der Waals surface area (Å²) in [5, 5.41) is 9.09. The largest absolute Gasteiger partial charge is 0.488 e. The van der Waals surface area contributed by atoms with Gasteiger partial charge in [0.15, 0.2) is 0 Å². The van der Waals surface area contributed by atoms with Crippen LogP contribution in [-0.4, -0.2) is 5.91 Å². The van der Waals surface area contributed by atoms with Gasteiger partial charge < -0.3 is 10.5 Å². The third-order valence-corrected chi connectivity index (χ3v) is 3.57. The Bertz CT molecular complexity index is 736. The number of ether oxygens (including phenoxy) is 1. The number of hydrogen-bond acceptors (Lipinski definition) is 3. The molecule has 5 heteroatoms. The van der Waals surface area contributed by atoms with Gasteiger partial charge in [-0.1, -0.05) is 22.0 Å². The van der Waals surface area contributed by atoms with Gasteiger partial charge in [0.05, 0.1) is 5.56 Å². The van der Waals surface area contributed by atoms with E-state index in [1.807, 2.05) is 13.0 Å². The van der Waals surface area contributed by atoms with Gasteiger partial charge in [-0.15, -0.1) is 0 Å². The van der Waals surface area contributed by atoms with Crippen molar-refractivity contribution in [2.75, 3.05) is 0 Å². The van der Waals surface area contributed by atoms with Crippen molar-refractivity contribution < 1.29 is 9.53 Å². The lowest BCUT2D eigenvalue weighted by atomic mass is 10.1. The van der Waals surface area contributed by atoms with E-state index in [1.54, 1.807) is 30.3 Å². The first-order valence-corrected chi connectivity index (χ1v) is 7.02. The van der Waals surface area contributed by atoms with Crippen LogP contribution in [0.25, 0.3) is 0 Å². The lowest BCUT2D eigenvalue weighted by molar-refractivity contribution is 0.1000. The van der Waals surface area contributed by atoms with Crippen LogP contribution in [0.3, 0.4) is 0 Å². The Morgan fingerprint density at radius 1 is 1.33 bits per heavy atom. The zero-order valence-corrected chi connectivity index (χ0v) is 13.0. The molecular formula is C16H13BrN2O2. The minimum Gasteiger partial charge on any atom is -0.488 e. The van der Waals surface area contributed by atoms with Gasteiger partial charge in [0.25, 0.3) is 0 Å². The number of nitriles is 1. The molecule has 0 spiro atoms. The predicted octanol–water partition coefficient (Wildman–Crippen LogP) is 3.31. The number of carbonyl (C=O) groups is 1. The lowest BCUT2D eigenvalue weighted by Crippen LogP contribution is -2.11. The van der Waals surface area contributed by atoms with E-state index in [4.69, 9.17) is 15.7 Å². The molecule has 0 saturated heterocycles. The van der Waals surface area contributed by atoms with E-state index in [0.717, 1.165) is 15.6 Å². The highest BCUT2D eigenvalue weighted by atomic mass is 79.9. The number of carbonyl (C=O) groups excluding carboxylic acids is 1. The first kappa shape index (κ1) is 15.1. The Kier molecular flexibility index (Phi) is 4.61. The monoisotopic (exact) mass is 344 g/mol. The lowest BCUT2D eigenvalue weighted by Gasteiger charge is -2.11. The Balaban J connectivity index is 2.17. The zero-order chi connectivity index (χ0) is 15.4. The molecule has 1 amide bonds. The van der Waals surface area contributed by atoms with Gasteiger partial charge >= 0.3 is 0 Å². The summed E-state index contributed by atoms with van der Waals surface area (Å²) in [5.74, 6) is 0.0734. The van der Waals surface area contributed by atoms with E-state index < -0.39 is 5.91 Å². The first-order valence-electron chi connectivity index (χ1n) is 6.23. The number of nitrogens with two attached hydrogens (primary N) is 1. The summed E-state index contributed by atoms with van der Waals surface area (Å²) in [4.78, 5) is 11.1. The molecule has 2 rings (SSSR count). The molecule has 2 N–H and O–H groups in total. The smallest absolute Gasteiger partial charge is 0.248 e. The maximum absolute atomic E-state index is 11.1. The van der Waals surface area contributed by atoms with Gasteiger partial charge in [-0.3, -0.25) is 4.79 Å². The van der Waals surface area contributed by atoms with Crippen LogP contribution in [0.5, 0.6) is 5.75 Å². The predicted molar refractivity (Wildman–Crippen MR) is 82.9 cm³/mol. The molecule has 0 unspecified atom stereocenters. The van der Waals surface area contributed by atoms with Crippen molar-refractivity contribution in [3.8, 4) is 11.8 Å². The topological polar surface area (TPSA) is 76.1 Å². The Morgan fingerprint density at radius 3 is 2.71 bits per heavy atom. The van der Waals surface area contributed by atoms with Crippen LogP contribution in [0.15, 0.2) is 40.9 Å². The summed E-state index contributed by atoms with van der Waals surface area (Å²) in [5.41, 5.74) is 8.03. The van der Waals surface area contributed by atoms with Gasteiger partial charge in [-0.2, -0.15) is 5.26 Å². The number of aryl methyl sites for hydroxylation is 1. The molecule has 0 saturated carbocycles. The number of rotatable bonds is 4. The number of primary amides is 1. The minimum absolute atomic E-state index is 0.321. The molecule has 0 fully saturated rings. The Morgan fingerprint density at radius 2 is 2.10 bits per heavy atom. The highest BCUT2D eigenvalue weighted by Gasteiger charge is 2.07. The standard InChI is InChI=1S/C16H13BrN2O2/c1-10-6-11(16(19)20)2-3-12(10)9-21-15-5-4-14(17)7-13(15)8-18/h2-7H,9H2,1H3,(H2,19,20). The van der Waals surface area contributed by atoms with Crippen LogP contribution in [0.4, 0.5) is 0 Å². The average molecular weight is 345 g/mol. The highest BCUT2D eigenvalue weighted by Crippen LogP contribution is 2.24. The van der Waals surface area contributed by atoms with Crippen molar-refractivity contribution in [3.63, 3.8) is 0 Å². The fourth-order valence-electron chi connectivity index (χ4n) is 1.88. The van der Waals surface area contributed by atoms with Crippen LogP contribution in [-0.2, 0) is 6.61 Å². The second-order valence-electron chi connectivity index (χ2n) is 4.55. The van der Waals surface area contributed by atoms with Crippen LogP contribution in [0.2, 0.25) is 0 Å². The SMILES string of the molecule is Cc1cc(C(N)=O)ccc1COc1ccc(Br)cc1C#N. The average Bonchev–Trinajstić information content (AvgIpc) is 2.46.